The van der Waals surface area contributed by atoms with E-state index in [-0.39, 0.29) is 0 Å². The van der Waals surface area contributed by atoms with Crippen molar-refractivity contribution in [3.05, 3.63) is 66.7 Å². The Hall–Kier alpha value is -2.95. The van der Waals surface area contributed by atoms with Gasteiger partial charge in [0.15, 0.2) is 17.3 Å². The van der Waals surface area contributed by atoms with Gasteiger partial charge in [0.25, 0.3) is 0 Å². The van der Waals surface area contributed by atoms with Crippen molar-refractivity contribution in [2.45, 2.75) is 6.61 Å². The molecule has 0 amide bonds. The molecule has 118 valence electrons. The molecule has 0 saturated heterocycles. The second kappa shape index (κ2) is 6.87. The van der Waals surface area contributed by atoms with Crippen LogP contribution in [-0.4, -0.2) is 23.8 Å². The fourth-order valence-electron chi connectivity index (χ4n) is 2.36. The maximum atomic E-state index is 5.92. The van der Waals surface area contributed by atoms with Crippen LogP contribution in [0.5, 0.6) is 17.2 Å². The maximum absolute atomic E-state index is 5.92. The molecule has 0 bridgehead atoms. The monoisotopic (exact) mass is 310 g/mol. The Balaban J connectivity index is 1.84. The van der Waals surface area contributed by atoms with Gasteiger partial charge in [-0.3, -0.25) is 0 Å². The highest BCUT2D eigenvalue weighted by molar-refractivity contribution is 5.51. The summed E-state index contributed by atoms with van der Waals surface area (Å²) in [6.07, 6.45) is 3.67. The summed E-state index contributed by atoms with van der Waals surface area (Å²) in [5.41, 5.74) is 1.04. The van der Waals surface area contributed by atoms with Crippen LogP contribution < -0.4 is 14.2 Å². The van der Waals surface area contributed by atoms with Gasteiger partial charge in [-0.25, -0.2) is 4.98 Å². The molecule has 0 fully saturated rings. The number of aromatic nitrogens is 2. The third-order valence-electron chi connectivity index (χ3n) is 3.48. The Bertz CT molecular complexity index is 747. The van der Waals surface area contributed by atoms with Crippen LogP contribution in [0, 0.1) is 0 Å². The van der Waals surface area contributed by atoms with E-state index in [4.69, 9.17) is 14.2 Å². The van der Waals surface area contributed by atoms with Crippen LogP contribution in [0.4, 0.5) is 0 Å². The van der Waals surface area contributed by atoms with Crippen LogP contribution in [0.25, 0.3) is 5.69 Å². The van der Waals surface area contributed by atoms with Crippen molar-refractivity contribution < 1.29 is 14.2 Å². The highest BCUT2D eigenvalue weighted by Crippen LogP contribution is 2.37. The van der Waals surface area contributed by atoms with Gasteiger partial charge in [-0.2, -0.15) is 0 Å². The minimum atomic E-state index is 0.304. The van der Waals surface area contributed by atoms with Crippen molar-refractivity contribution >= 4 is 0 Å². The van der Waals surface area contributed by atoms with E-state index in [1.54, 1.807) is 20.4 Å². The molecule has 3 rings (SSSR count). The Kier molecular flexibility index (Phi) is 4.47. The summed E-state index contributed by atoms with van der Waals surface area (Å²) in [6, 6.07) is 15.5. The van der Waals surface area contributed by atoms with Crippen LogP contribution in [0.1, 0.15) is 5.82 Å². The summed E-state index contributed by atoms with van der Waals surface area (Å²) < 4.78 is 18.6. The molecule has 2 aromatic carbocycles. The van der Waals surface area contributed by atoms with Crippen molar-refractivity contribution in [1.82, 2.24) is 9.55 Å². The highest BCUT2D eigenvalue weighted by Gasteiger charge is 2.13. The molecular weight excluding hydrogens is 292 g/mol. The zero-order chi connectivity index (χ0) is 16.1. The van der Waals surface area contributed by atoms with Crippen molar-refractivity contribution in [3.63, 3.8) is 0 Å². The van der Waals surface area contributed by atoms with E-state index in [0.717, 1.165) is 11.5 Å². The average Bonchev–Trinajstić information content (AvgIpc) is 3.08. The van der Waals surface area contributed by atoms with Gasteiger partial charge >= 0.3 is 0 Å². The lowest BCUT2D eigenvalue weighted by Crippen LogP contribution is -2.06. The first kappa shape index (κ1) is 15.0. The topological polar surface area (TPSA) is 45.5 Å². The summed E-state index contributed by atoms with van der Waals surface area (Å²) in [6.45, 7) is 0.304. The van der Waals surface area contributed by atoms with E-state index in [0.29, 0.717) is 23.9 Å². The number of nitrogens with zero attached hydrogens (tertiary/aromatic N) is 2. The first-order valence-electron chi connectivity index (χ1n) is 7.25. The molecule has 0 aliphatic carbocycles. The number of benzene rings is 2. The lowest BCUT2D eigenvalue weighted by atomic mass is 10.3. The second-order valence-corrected chi connectivity index (χ2v) is 4.83. The van der Waals surface area contributed by atoms with Gasteiger partial charge in [-0.05, 0) is 24.3 Å². The molecule has 0 N–H and O–H groups in total. The minimum absolute atomic E-state index is 0.304. The SMILES string of the molecule is COc1cccc(OC)c1OCc1nccn1-c1ccccc1. The van der Waals surface area contributed by atoms with Crippen molar-refractivity contribution in [2.24, 2.45) is 0 Å². The van der Waals surface area contributed by atoms with E-state index in [9.17, 15) is 0 Å². The third kappa shape index (κ3) is 3.13. The van der Waals surface area contributed by atoms with Crippen LogP contribution in [-0.2, 0) is 6.61 Å². The van der Waals surface area contributed by atoms with Crippen molar-refractivity contribution in [1.29, 1.82) is 0 Å². The quantitative estimate of drug-likeness (QED) is 0.699. The fraction of sp³-hybridized carbons (Fsp3) is 0.167. The Morgan fingerprint density at radius 2 is 1.61 bits per heavy atom. The molecule has 1 aromatic heterocycles. The predicted molar refractivity (Wildman–Crippen MR) is 87.4 cm³/mol. The Labute approximate surface area is 135 Å². The zero-order valence-corrected chi connectivity index (χ0v) is 13.1. The Morgan fingerprint density at radius 1 is 0.913 bits per heavy atom. The molecule has 5 heteroatoms. The predicted octanol–water partition coefficient (Wildman–Crippen LogP) is 3.47. The van der Waals surface area contributed by atoms with Crippen molar-refractivity contribution in [3.8, 4) is 22.9 Å². The smallest absolute Gasteiger partial charge is 0.203 e. The molecule has 0 saturated carbocycles. The average molecular weight is 310 g/mol. The normalized spacial score (nSPS) is 10.3. The summed E-state index contributed by atoms with van der Waals surface area (Å²) in [7, 11) is 3.21. The summed E-state index contributed by atoms with van der Waals surface area (Å²) >= 11 is 0. The molecule has 0 radical (unpaired) electrons. The van der Waals surface area contributed by atoms with E-state index >= 15 is 0 Å². The number of ether oxygens (including phenoxy) is 3. The zero-order valence-electron chi connectivity index (χ0n) is 13.1. The molecule has 0 aliphatic rings. The molecular formula is C18H18N2O3. The largest absolute Gasteiger partial charge is 0.493 e. The second-order valence-electron chi connectivity index (χ2n) is 4.83. The number of imidazole rings is 1. The highest BCUT2D eigenvalue weighted by atomic mass is 16.5. The Morgan fingerprint density at radius 3 is 2.26 bits per heavy atom. The van der Waals surface area contributed by atoms with Crippen LogP contribution in [0.15, 0.2) is 60.9 Å². The molecule has 1 heterocycles. The van der Waals surface area contributed by atoms with E-state index < -0.39 is 0 Å². The fourth-order valence-corrected chi connectivity index (χ4v) is 2.36. The molecule has 23 heavy (non-hydrogen) atoms. The molecule has 0 aliphatic heterocycles. The lowest BCUT2D eigenvalue weighted by Gasteiger charge is -2.14. The third-order valence-corrected chi connectivity index (χ3v) is 3.48. The number of hydrogen-bond donors (Lipinski definition) is 0. The number of hydrogen-bond acceptors (Lipinski definition) is 4. The van der Waals surface area contributed by atoms with Gasteiger partial charge in [0.2, 0.25) is 5.75 Å². The number of methoxy groups -OCH3 is 2. The molecule has 0 atom stereocenters. The van der Waals surface area contributed by atoms with Crippen molar-refractivity contribution in [2.75, 3.05) is 14.2 Å². The maximum Gasteiger partial charge on any atom is 0.203 e. The first-order chi connectivity index (χ1) is 11.3. The standard InChI is InChI=1S/C18H18N2O3/c1-21-15-9-6-10-16(22-2)18(15)23-13-17-19-11-12-20(17)14-7-4-3-5-8-14/h3-12H,13H2,1-2H3. The van der Waals surface area contributed by atoms with Gasteiger partial charge in [0.1, 0.15) is 6.61 Å². The molecule has 0 unspecified atom stereocenters. The summed E-state index contributed by atoms with van der Waals surface area (Å²) in [5, 5.41) is 0. The first-order valence-corrected chi connectivity index (χ1v) is 7.25. The minimum Gasteiger partial charge on any atom is -0.493 e. The lowest BCUT2D eigenvalue weighted by molar-refractivity contribution is 0.258. The van der Waals surface area contributed by atoms with Gasteiger partial charge in [0.05, 0.1) is 14.2 Å². The van der Waals surface area contributed by atoms with E-state index in [1.165, 1.54) is 0 Å². The molecule has 5 nitrogen and oxygen atoms in total. The van der Waals surface area contributed by atoms with E-state index in [1.807, 2.05) is 59.3 Å². The van der Waals surface area contributed by atoms with Gasteiger partial charge in [-0.1, -0.05) is 24.3 Å². The number of rotatable bonds is 6. The van der Waals surface area contributed by atoms with Gasteiger partial charge < -0.3 is 18.8 Å². The summed E-state index contributed by atoms with van der Waals surface area (Å²) in [4.78, 5) is 4.37. The van der Waals surface area contributed by atoms with Crippen LogP contribution in [0.2, 0.25) is 0 Å². The van der Waals surface area contributed by atoms with E-state index in [2.05, 4.69) is 4.98 Å². The summed E-state index contributed by atoms with van der Waals surface area (Å²) in [5.74, 6) is 2.62. The van der Waals surface area contributed by atoms with Crippen LogP contribution >= 0.6 is 0 Å². The number of para-hydroxylation sites is 2. The van der Waals surface area contributed by atoms with Gasteiger partial charge in [0, 0.05) is 18.1 Å². The molecule has 0 spiro atoms. The van der Waals surface area contributed by atoms with Gasteiger partial charge in [-0.15, -0.1) is 0 Å². The van der Waals surface area contributed by atoms with Crippen LogP contribution in [0.3, 0.4) is 0 Å². The molecule has 3 aromatic rings.